The van der Waals surface area contributed by atoms with Gasteiger partial charge in [-0.15, -0.1) is 0 Å². The number of halogens is 3. The zero-order valence-electron chi connectivity index (χ0n) is 15.6. The predicted molar refractivity (Wildman–Crippen MR) is 106 cm³/mol. The Morgan fingerprint density at radius 1 is 0.967 bits per heavy atom. The minimum absolute atomic E-state index is 0.440. The van der Waals surface area contributed by atoms with Crippen LogP contribution in [0, 0.1) is 0 Å². The zero-order chi connectivity index (χ0) is 21.6. The van der Waals surface area contributed by atoms with Gasteiger partial charge >= 0.3 is 15.6 Å². The third-order valence-corrected chi connectivity index (χ3v) is 5.08. The van der Waals surface area contributed by atoms with Crippen LogP contribution in [0.1, 0.15) is 12.0 Å². The second-order valence-corrected chi connectivity index (χ2v) is 7.85. The summed E-state index contributed by atoms with van der Waals surface area (Å²) >= 11 is 0. The molecule has 1 aromatic heterocycles. The summed E-state index contributed by atoms with van der Waals surface area (Å²) < 4.78 is 63.4. The number of nitrogens with zero attached hydrogens (tertiary/aromatic N) is 2. The molecule has 158 valence electrons. The maximum absolute atomic E-state index is 12.4. The molecule has 3 aromatic rings. The van der Waals surface area contributed by atoms with E-state index in [1.54, 1.807) is 6.07 Å². The predicted octanol–water partition coefficient (Wildman–Crippen LogP) is 4.42. The van der Waals surface area contributed by atoms with E-state index in [2.05, 4.69) is 31.6 Å². The Labute approximate surface area is 171 Å². The summed E-state index contributed by atoms with van der Waals surface area (Å²) in [4.78, 5) is 8.29. The van der Waals surface area contributed by atoms with Crippen molar-refractivity contribution in [1.29, 1.82) is 0 Å². The molecule has 0 saturated carbocycles. The van der Waals surface area contributed by atoms with Gasteiger partial charge in [0, 0.05) is 18.2 Å². The first-order valence-corrected chi connectivity index (χ1v) is 10.4. The van der Waals surface area contributed by atoms with Crippen molar-refractivity contribution >= 4 is 15.9 Å². The quantitative estimate of drug-likeness (QED) is 0.319. The second-order valence-electron chi connectivity index (χ2n) is 6.31. The molecule has 0 aliphatic carbocycles. The van der Waals surface area contributed by atoms with Crippen LogP contribution in [0.3, 0.4) is 0 Å². The topological polar surface area (TPSA) is 81.2 Å². The first-order chi connectivity index (χ1) is 14.2. The molecular formula is C20H18F3N3O3S. The minimum atomic E-state index is -5.70. The molecule has 1 N–H and O–H groups in total. The van der Waals surface area contributed by atoms with Crippen molar-refractivity contribution in [2.24, 2.45) is 0 Å². The lowest BCUT2D eigenvalue weighted by molar-refractivity contribution is -0.0500. The molecule has 30 heavy (non-hydrogen) atoms. The summed E-state index contributed by atoms with van der Waals surface area (Å²) in [6, 6.07) is 16.9. The van der Waals surface area contributed by atoms with Crippen molar-refractivity contribution in [2.75, 3.05) is 11.9 Å². The number of hydrogen-bond acceptors (Lipinski definition) is 6. The van der Waals surface area contributed by atoms with Gasteiger partial charge in [0.1, 0.15) is 17.9 Å². The lowest BCUT2D eigenvalue weighted by atomic mass is 10.1. The molecule has 2 aromatic carbocycles. The van der Waals surface area contributed by atoms with Gasteiger partial charge in [0.15, 0.2) is 0 Å². The molecule has 0 aliphatic rings. The van der Waals surface area contributed by atoms with Gasteiger partial charge in [-0.05, 0) is 42.7 Å². The van der Waals surface area contributed by atoms with E-state index in [-0.39, 0.29) is 0 Å². The Morgan fingerprint density at radius 2 is 1.67 bits per heavy atom. The van der Waals surface area contributed by atoms with Crippen LogP contribution in [0.4, 0.5) is 19.0 Å². The van der Waals surface area contributed by atoms with Gasteiger partial charge in [0.2, 0.25) is 0 Å². The summed E-state index contributed by atoms with van der Waals surface area (Å²) in [5, 5.41) is 3.20. The lowest BCUT2D eigenvalue weighted by Gasteiger charge is -2.10. The number of nitrogens with one attached hydrogen (secondary N) is 1. The van der Waals surface area contributed by atoms with Crippen LogP contribution in [0.5, 0.6) is 5.75 Å². The molecule has 0 amide bonds. The number of rotatable bonds is 8. The Morgan fingerprint density at radius 3 is 2.33 bits per heavy atom. The molecule has 1 heterocycles. The fourth-order valence-electron chi connectivity index (χ4n) is 2.62. The summed E-state index contributed by atoms with van der Waals surface area (Å²) in [5.41, 5.74) is -3.14. The first kappa shape index (κ1) is 21.6. The Balaban J connectivity index is 1.60. The van der Waals surface area contributed by atoms with Crippen molar-refractivity contribution in [2.45, 2.75) is 18.3 Å². The van der Waals surface area contributed by atoms with Crippen LogP contribution < -0.4 is 9.50 Å². The van der Waals surface area contributed by atoms with E-state index < -0.39 is 21.4 Å². The highest BCUT2D eigenvalue weighted by Crippen LogP contribution is 2.28. The largest absolute Gasteiger partial charge is 0.534 e. The number of anilines is 1. The highest BCUT2D eigenvalue weighted by Gasteiger charge is 2.48. The van der Waals surface area contributed by atoms with Crippen molar-refractivity contribution in [1.82, 2.24) is 9.97 Å². The molecule has 6 nitrogen and oxygen atoms in total. The van der Waals surface area contributed by atoms with E-state index in [0.717, 1.165) is 25.0 Å². The highest BCUT2D eigenvalue weighted by atomic mass is 32.2. The van der Waals surface area contributed by atoms with E-state index in [1.807, 2.05) is 18.2 Å². The minimum Gasteiger partial charge on any atom is -0.376 e. The van der Waals surface area contributed by atoms with E-state index in [9.17, 15) is 21.6 Å². The van der Waals surface area contributed by atoms with Crippen LogP contribution in [-0.4, -0.2) is 30.4 Å². The summed E-state index contributed by atoms with van der Waals surface area (Å²) in [5.74, 6) is 0.164. The van der Waals surface area contributed by atoms with E-state index in [0.29, 0.717) is 23.6 Å². The number of hydrogen-bond donors (Lipinski definition) is 1. The monoisotopic (exact) mass is 437 g/mol. The maximum Gasteiger partial charge on any atom is 0.534 e. The summed E-state index contributed by atoms with van der Waals surface area (Å²) in [6.45, 7) is 0.702. The molecule has 3 rings (SSSR count). The Hall–Kier alpha value is -3.14. The second kappa shape index (κ2) is 9.12. The van der Waals surface area contributed by atoms with Crippen molar-refractivity contribution in [3.8, 4) is 17.0 Å². The molecular weight excluding hydrogens is 419 g/mol. The number of benzene rings is 2. The normalized spacial score (nSPS) is 11.8. The molecule has 0 radical (unpaired) electrons. The third kappa shape index (κ3) is 5.69. The fourth-order valence-corrected chi connectivity index (χ4v) is 3.08. The molecule has 0 saturated heterocycles. The summed E-state index contributed by atoms with van der Waals surface area (Å²) in [7, 11) is -5.70. The Bertz CT molecular complexity index is 1070. The molecule has 0 atom stereocenters. The SMILES string of the molecule is O=S(=O)(Oc1ccc(-c2cc(NCCCc3ccccc3)ncn2)cc1)C(F)(F)F. The average Bonchev–Trinajstić information content (AvgIpc) is 2.72. The van der Waals surface area contributed by atoms with Crippen LogP contribution in [0.2, 0.25) is 0 Å². The molecule has 0 fully saturated rings. The smallest absolute Gasteiger partial charge is 0.376 e. The third-order valence-electron chi connectivity index (χ3n) is 4.10. The van der Waals surface area contributed by atoms with Crippen LogP contribution in [0.15, 0.2) is 67.0 Å². The molecule has 0 unspecified atom stereocenters. The Kier molecular flexibility index (Phi) is 6.56. The molecule has 0 spiro atoms. The molecule has 0 bridgehead atoms. The van der Waals surface area contributed by atoms with Gasteiger partial charge in [-0.2, -0.15) is 21.6 Å². The van der Waals surface area contributed by atoms with Gasteiger partial charge in [0.25, 0.3) is 0 Å². The number of aromatic nitrogens is 2. The van der Waals surface area contributed by atoms with Gasteiger partial charge in [-0.25, -0.2) is 9.97 Å². The molecule has 10 heteroatoms. The first-order valence-electron chi connectivity index (χ1n) is 8.96. The van der Waals surface area contributed by atoms with E-state index >= 15 is 0 Å². The van der Waals surface area contributed by atoms with Crippen LogP contribution >= 0.6 is 0 Å². The number of aryl methyl sites for hydroxylation is 1. The van der Waals surface area contributed by atoms with Crippen molar-refractivity contribution in [3.05, 3.63) is 72.6 Å². The van der Waals surface area contributed by atoms with E-state index in [4.69, 9.17) is 0 Å². The number of alkyl halides is 3. The standard InChI is InChI=1S/C20H18F3N3O3S/c21-20(22,23)30(27,28)29-17-10-8-16(9-11-17)18-13-19(26-14-25-18)24-12-4-7-15-5-2-1-3-6-15/h1-3,5-6,8-11,13-14H,4,7,12H2,(H,24,25,26). The average molecular weight is 437 g/mol. The van der Waals surface area contributed by atoms with Gasteiger partial charge in [0.05, 0.1) is 5.69 Å². The fraction of sp³-hybridized carbons (Fsp3) is 0.200. The van der Waals surface area contributed by atoms with Crippen LogP contribution in [-0.2, 0) is 16.5 Å². The van der Waals surface area contributed by atoms with Gasteiger partial charge < -0.3 is 9.50 Å². The van der Waals surface area contributed by atoms with Gasteiger partial charge in [-0.3, -0.25) is 0 Å². The van der Waals surface area contributed by atoms with Gasteiger partial charge in [-0.1, -0.05) is 30.3 Å². The van der Waals surface area contributed by atoms with Crippen molar-refractivity contribution < 1.29 is 25.8 Å². The van der Waals surface area contributed by atoms with Crippen LogP contribution in [0.25, 0.3) is 11.3 Å². The van der Waals surface area contributed by atoms with E-state index in [1.165, 1.54) is 24.0 Å². The highest BCUT2D eigenvalue weighted by molar-refractivity contribution is 7.88. The maximum atomic E-state index is 12.4. The molecule has 0 aliphatic heterocycles. The lowest BCUT2D eigenvalue weighted by Crippen LogP contribution is -2.28. The zero-order valence-corrected chi connectivity index (χ0v) is 16.4. The van der Waals surface area contributed by atoms with Crippen molar-refractivity contribution in [3.63, 3.8) is 0 Å². The summed E-state index contributed by atoms with van der Waals surface area (Å²) in [6.07, 6.45) is 3.20.